The molecule has 0 aliphatic heterocycles. The first-order valence-electron chi connectivity index (χ1n) is 6.74. The van der Waals surface area contributed by atoms with Gasteiger partial charge in [0.2, 0.25) is 17.8 Å². The van der Waals surface area contributed by atoms with E-state index in [2.05, 4.69) is 25.6 Å². The lowest BCUT2D eigenvalue weighted by molar-refractivity contribution is 0.0237. The topological polar surface area (TPSA) is 86.2 Å². The van der Waals surface area contributed by atoms with Crippen LogP contribution < -0.4 is 15.5 Å². The highest BCUT2D eigenvalue weighted by atomic mass is 16.3. The van der Waals surface area contributed by atoms with Crippen LogP contribution in [0.5, 0.6) is 0 Å². The van der Waals surface area contributed by atoms with Crippen molar-refractivity contribution in [3.63, 3.8) is 0 Å². The molecule has 0 aliphatic rings. The predicted molar refractivity (Wildman–Crippen MR) is 82.3 cm³/mol. The number of nitrogens with one attached hydrogen (secondary N) is 2. The molecule has 0 spiro atoms. The number of aromatic nitrogens is 3. The summed E-state index contributed by atoms with van der Waals surface area (Å²) in [4.78, 5) is 14.8. The Morgan fingerprint density at radius 3 is 2.05 bits per heavy atom. The molecule has 0 saturated carbocycles. The van der Waals surface area contributed by atoms with E-state index in [4.69, 9.17) is 0 Å². The van der Waals surface area contributed by atoms with Gasteiger partial charge in [0.05, 0.1) is 11.1 Å². The number of aliphatic hydroxyl groups is 1. The van der Waals surface area contributed by atoms with Gasteiger partial charge in [0.15, 0.2) is 0 Å². The van der Waals surface area contributed by atoms with E-state index in [0.717, 1.165) is 6.54 Å². The zero-order chi connectivity index (χ0) is 15.6. The third-order valence-electron chi connectivity index (χ3n) is 3.31. The first-order chi connectivity index (χ1) is 9.06. The van der Waals surface area contributed by atoms with Gasteiger partial charge in [-0.15, -0.1) is 0 Å². The molecule has 20 heavy (non-hydrogen) atoms. The Morgan fingerprint density at radius 1 is 1.05 bits per heavy atom. The van der Waals surface area contributed by atoms with Gasteiger partial charge >= 0.3 is 0 Å². The third-order valence-corrected chi connectivity index (χ3v) is 3.31. The maximum Gasteiger partial charge on any atom is 0.231 e. The van der Waals surface area contributed by atoms with Gasteiger partial charge in [0, 0.05) is 20.6 Å². The van der Waals surface area contributed by atoms with Crippen LogP contribution in [0.25, 0.3) is 0 Å². The quantitative estimate of drug-likeness (QED) is 0.725. The van der Waals surface area contributed by atoms with Crippen molar-refractivity contribution in [2.24, 2.45) is 0 Å². The second-order valence-electron chi connectivity index (χ2n) is 6.02. The third kappa shape index (κ3) is 3.93. The minimum Gasteiger partial charge on any atom is -0.388 e. The predicted octanol–water partition coefficient (Wildman–Crippen LogP) is 1.33. The fourth-order valence-corrected chi connectivity index (χ4v) is 1.29. The molecule has 0 fully saturated rings. The molecule has 7 heteroatoms. The molecular formula is C13H26N6O. The van der Waals surface area contributed by atoms with Gasteiger partial charge in [-0.2, -0.15) is 15.0 Å². The molecule has 0 bridgehead atoms. The van der Waals surface area contributed by atoms with Gasteiger partial charge in [-0.1, -0.05) is 0 Å². The van der Waals surface area contributed by atoms with Crippen LogP contribution >= 0.6 is 0 Å². The molecule has 0 radical (unpaired) electrons. The summed E-state index contributed by atoms with van der Waals surface area (Å²) in [5.74, 6) is 1.51. The Labute approximate surface area is 120 Å². The molecule has 0 aliphatic carbocycles. The van der Waals surface area contributed by atoms with Crippen LogP contribution in [0, 0.1) is 0 Å². The fourth-order valence-electron chi connectivity index (χ4n) is 1.29. The SMILES string of the molecule is CCNc1nc(NC(C)(C)C(C)(C)O)nc(N(C)C)n1. The molecule has 1 heterocycles. The van der Waals surface area contributed by atoms with Crippen LogP contribution in [-0.4, -0.2) is 51.8 Å². The minimum absolute atomic E-state index is 0.437. The van der Waals surface area contributed by atoms with Crippen molar-refractivity contribution in [2.75, 3.05) is 36.2 Å². The molecule has 7 nitrogen and oxygen atoms in total. The largest absolute Gasteiger partial charge is 0.388 e. The van der Waals surface area contributed by atoms with Crippen LogP contribution in [0.3, 0.4) is 0 Å². The van der Waals surface area contributed by atoms with Gasteiger partial charge in [0.1, 0.15) is 0 Å². The molecule has 1 aromatic heterocycles. The van der Waals surface area contributed by atoms with Crippen LogP contribution in [0.15, 0.2) is 0 Å². The Bertz CT molecular complexity index is 453. The molecule has 0 aromatic carbocycles. The van der Waals surface area contributed by atoms with Gasteiger partial charge in [-0.25, -0.2) is 0 Å². The molecule has 0 unspecified atom stereocenters. The monoisotopic (exact) mass is 282 g/mol. The smallest absolute Gasteiger partial charge is 0.231 e. The summed E-state index contributed by atoms with van der Waals surface area (Å²) in [5.41, 5.74) is -1.50. The standard InChI is InChI=1S/C13H26N6O/c1-8-14-9-15-10(17-11(16-9)19(6)7)18-12(2,3)13(4,5)20/h20H,8H2,1-7H3,(H2,14,15,16,17,18). The summed E-state index contributed by atoms with van der Waals surface area (Å²) in [6.07, 6.45) is 0. The van der Waals surface area contributed by atoms with Crippen molar-refractivity contribution in [3.05, 3.63) is 0 Å². The zero-order valence-electron chi connectivity index (χ0n) is 13.4. The van der Waals surface area contributed by atoms with E-state index in [1.807, 2.05) is 39.8 Å². The van der Waals surface area contributed by atoms with E-state index in [1.165, 1.54) is 0 Å². The zero-order valence-corrected chi connectivity index (χ0v) is 13.4. The Balaban J connectivity index is 3.11. The molecule has 1 aromatic rings. The van der Waals surface area contributed by atoms with E-state index in [0.29, 0.717) is 17.8 Å². The second-order valence-corrected chi connectivity index (χ2v) is 6.02. The average Bonchev–Trinajstić information content (AvgIpc) is 2.26. The van der Waals surface area contributed by atoms with Gasteiger partial charge < -0.3 is 20.6 Å². The minimum atomic E-state index is -0.920. The van der Waals surface area contributed by atoms with Crippen molar-refractivity contribution in [2.45, 2.75) is 45.8 Å². The molecule has 3 N–H and O–H groups in total. The highest BCUT2D eigenvalue weighted by Crippen LogP contribution is 2.25. The van der Waals surface area contributed by atoms with E-state index in [9.17, 15) is 5.11 Å². The number of hydrogen-bond donors (Lipinski definition) is 3. The first-order valence-corrected chi connectivity index (χ1v) is 6.74. The molecule has 0 atom stereocenters. The lowest BCUT2D eigenvalue weighted by Crippen LogP contribution is -2.51. The van der Waals surface area contributed by atoms with Crippen molar-refractivity contribution in [1.29, 1.82) is 0 Å². The number of rotatable bonds is 6. The lowest BCUT2D eigenvalue weighted by atomic mass is 9.86. The molecular weight excluding hydrogens is 256 g/mol. The van der Waals surface area contributed by atoms with Crippen molar-refractivity contribution >= 4 is 17.8 Å². The van der Waals surface area contributed by atoms with E-state index >= 15 is 0 Å². The summed E-state index contributed by atoms with van der Waals surface area (Å²) in [6.45, 7) is 10.0. The van der Waals surface area contributed by atoms with Gasteiger partial charge in [0.25, 0.3) is 0 Å². The van der Waals surface area contributed by atoms with E-state index < -0.39 is 11.1 Å². The highest BCUT2D eigenvalue weighted by molar-refractivity contribution is 5.44. The second kappa shape index (κ2) is 5.78. The van der Waals surface area contributed by atoms with Gasteiger partial charge in [-0.05, 0) is 34.6 Å². The lowest BCUT2D eigenvalue weighted by Gasteiger charge is -2.38. The van der Waals surface area contributed by atoms with E-state index in [-0.39, 0.29) is 0 Å². The average molecular weight is 282 g/mol. The summed E-state index contributed by atoms with van der Waals surface area (Å²) >= 11 is 0. The van der Waals surface area contributed by atoms with Crippen LogP contribution in [0.1, 0.15) is 34.6 Å². The Hall–Kier alpha value is -1.63. The number of nitrogens with zero attached hydrogens (tertiary/aromatic N) is 4. The number of anilines is 3. The van der Waals surface area contributed by atoms with Crippen molar-refractivity contribution in [1.82, 2.24) is 15.0 Å². The Morgan fingerprint density at radius 2 is 1.60 bits per heavy atom. The van der Waals surface area contributed by atoms with Crippen molar-refractivity contribution in [3.8, 4) is 0 Å². The Kier molecular flexibility index (Phi) is 4.75. The van der Waals surface area contributed by atoms with Gasteiger partial charge in [-0.3, -0.25) is 0 Å². The molecule has 0 saturated heterocycles. The van der Waals surface area contributed by atoms with E-state index in [1.54, 1.807) is 13.8 Å². The first kappa shape index (κ1) is 16.4. The normalized spacial score (nSPS) is 12.2. The molecule has 0 amide bonds. The summed E-state index contributed by atoms with van der Waals surface area (Å²) in [7, 11) is 3.74. The molecule has 114 valence electrons. The number of hydrogen-bond acceptors (Lipinski definition) is 7. The maximum atomic E-state index is 10.2. The molecule has 1 rings (SSSR count). The van der Waals surface area contributed by atoms with Crippen LogP contribution in [0.4, 0.5) is 17.8 Å². The summed E-state index contributed by atoms with van der Waals surface area (Å²) < 4.78 is 0. The maximum absolute atomic E-state index is 10.2. The summed E-state index contributed by atoms with van der Waals surface area (Å²) in [6, 6.07) is 0. The van der Waals surface area contributed by atoms with Crippen LogP contribution in [0.2, 0.25) is 0 Å². The van der Waals surface area contributed by atoms with Crippen molar-refractivity contribution < 1.29 is 5.11 Å². The van der Waals surface area contributed by atoms with Crippen LogP contribution in [-0.2, 0) is 0 Å². The summed E-state index contributed by atoms with van der Waals surface area (Å²) in [5, 5.41) is 16.4. The highest BCUT2D eigenvalue weighted by Gasteiger charge is 2.35. The fraction of sp³-hybridized carbons (Fsp3) is 0.769.